The van der Waals surface area contributed by atoms with Crippen molar-refractivity contribution in [3.63, 3.8) is 0 Å². The van der Waals surface area contributed by atoms with Crippen LogP contribution < -0.4 is 0 Å². The standard InChI is InChI=1S/C22H24N6S2.2C2H6/c1-17(19-9-5-3-6-10-19)13-27-21(23-15-25-27)29-30-22-24-16-26-28(22)14-18(2)20-11-7-4-8-12-20;2*1-2/h3-12,15-18H,13-14H2,1-2H3;2*1-2H3. The van der Waals surface area contributed by atoms with E-state index in [0.717, 1.165) is 23.4 Å². The molecule has 2 aromatic heterocycles. The first-order chi connectivity index (χ1) is 16.7. The highest BCUT2D eigenvalue weighted by atomic mass is 33.1. The van der Waals surface area contributed by atoms with Crippen molar-refractivity contribution < 1.29 is 0 Å². The van der Waals surface area contributed by atoms with Crippen molar-refractivity contribution in [2.24, 2.45) is 0 Å². The average Bonchev–Trinajstić information content (AvgIpc) is 3.55. The maximum Gasteiger partial charge on any atom is 0.197 e. The van der Waals surface area contributed by atoms with Gasteiger partial charge in [-0.2, -0.15) is 10.2 Å². The minimum Gasteiger partial charge on any atom is -0.239 e. The molecule has 2 unspecified atom stereocenters. The fourth-order valence-electron chi connectivity index (χ4n) is 3.25. The van der Waals surface area contributed by atoms with E-state index in [1.165, 1.54) is 11.1 Å². The lowest BCUT2D eigenvalue weighted by atomic mass is 10.0. The molecule has 6 nitrogen and oxygen atoms in total. The Hall–Kier alpha value is -2.58. The van der Waals surface area contributed by atoms with Crippen LogP contribution in [0.5, 0.6) is 0 Å². The Morgan fingerprint density at radius 2 is 0.971 bits per heavy atom. The topological polar surface area (TPSA) is 61.4 Å². The predicted molar refractivity (Wildman–Crippen MR) is 144 cm³/mol. The summed E-state index contributed by atoms with van der Waals surface area (Å²) < 4.78 is 3.92. The molecule has 2 aromatic carbocycles. The highest BCUT2D eigenvalue weighted by Crippen LogP contribution is 2.35. The van der Waals surface area contributed by atoms with Crippen LogP contribution in [-0.2, 0) is 13.1 Å². The molecule has 0 N–H and O–H groups in total. The van der Waals surface area contributed by atoms with Gasteiger partial charge in [0, 0.05) is 11.8 Å². The highest BCUT2D eigenvalue weighted by Gasteiger charge is 2.15. The van der Waals surface area contributed by atoms with E-state index in [1.54, 1.807) is 34.2 Å². The largest absolute Gasteiger partial charge is 0.239 e. The summed E-state index contributed by atoms with van der Waals surface area (Å²) in [5.41, 5.74) is 2.59. The van der Waals surface area contributed by atoms with E-state index in [4.69, 9.17) is 0 Å². The third kappa shape index (κ3) is 8.02. The van der Waals surface area contributed by atoms with Crippen LogP contribution >= 0.6 is 21.6 Å². The van der Waals surface area contributed by atoms with Gasteiger partial charge in [0.1, 0.15) is 12.7 Å². The molecule has 0 aliphatic heterocycles. The summed E-state index contributed by atoms with van der Waals surface area (Å²) in [6.45, 7) is 14.0. The molecular weight excluding hydrogens is 460 g/mol. The van der Waals surface area contributed by atoms with E-state index >= 15 is 0 Å². The molecule has 182 valence electrons. The second kappa shape index (κ2) is 15.3. The van der Waals surface area contributed by atoms with Gasteiger partial charge in [-0.05, 0) is 32.7 Å². The average molecular weight is 497 g/mol. The van der Waals surface area contributed by atoms with Gasteiger partial charge in [-0.1, -0.05) is 102 Å². The van der Waals surface area contributed by atoms with Gasteiger partial charge in [0.05, 0.1) is 13.1 Å². The first kappa shape index (κ1) is 27.7. The van der Waals surface area contributed by atoms with E-state index < -0.39 is 0 Å². The van der Waals surface area contributed by atoms with Crippen molar-refractivity contribution >= 4 is 21.6 Å². The van der Waals surface area contributed by atoms with Gasteiger partial charge in [-0.15, -0.1) is 0 Å². The molecule has 2 heterocycles. The quantitative estimate of drug-likeness (QED) is 0.226. The number of benzene rings is 2. The number of aromatic nitrogens is 6. The Morgan fingerprint density at radius 3 is 1.32 bits per heavy atom. The fourth-order valence-corrected chi connectivity index (χ4v) is 5.22. The van der Waals surface area contributed by atoms with Gasteiger partial charge in [0.2, 0.25) is 0 Å². The summed E-state index contributed by atoms with van der Waals surface area (Å²) in [7, 11) is 3.14. The van der Waals surface area contributed by atoms with Crippen LogP contribution in [0.1, 0.15) is 64.5 Å². The third-order valence-electron chi connectivity index (χ3n) is 4.98. The second-order valence-electron chi connectivity index (χ2n) is 7.24. The Morgan fingerprint density at radius 1 is 0.618 bits per heavy atom. The van der Waals surface area contributed by atoms with Crippen molar-refractivity contribution in [3.8, 4) is 0 Å². The van der Waals surface area contributed by atoms with Crippen molar-refractivity contribution in [1.29, 1.82) is 0 Å². The van der Waals surface area contributed by atoms with E-state index in [9.17, 15) is 0 Å². The van der Waals surface area contributed by atoms with Gasteiger partial charge in [-0.3, -0.25) is 0 Å². The smallest absolute Gasteiger partial charge is 0.197 e. The Kier molecular flexibility index (Phi) is 12.5. The molecule has 2 atom stereocenters. The minimum atomic E-state index is 0.354. The van der Waals surface area contributed by atoms with Crippen molar-refractivity contribution in [3.05, 3.63) is 84.4 Å². The SMILES string of the molecule is CC.CC.CC(Cn1ncnc1SSc1ncnn1CC(C)c1ccccc1)c1ccccc1. The van der Waals surface area contributed by atoms with Crippen LogP contribution in [-0.4, -0.2) is 29.5 Å². The van der Waals surface area contributed by atoms with Crippen LogP contribution in [0.3, 0.4) is 0 Å². The summed E-state index contributed by atoms with van der Waals surface area (Å²) in [5.74, 6) is 0.709. The molecule has 0 amide bonds. The van der Waals surface area contributed by atoms with Crippen LogP contribution in [0.4, 0.5) is 0 Å². The summed E-state index contributed by atoms with van der Waals surface area (Å²) in [5, 5.41) is 10.6. The van der Waals surface area contributed by atoms with Crippen LogP contribution in [0.25, 0.3) is 0 Å². The molecule has 0 aliphatic rings. The first-order valence-corrected chi connectivity index (χ1v) is 14.1. The zero-order chi connectivity index (χ0) is 24.8. The van der Waals surface area contributed by atoms with E-state index in [1.807, 2.05) is 49.2 Å². The monoisotopic (exact) mass is 496 g/mol. The summed E-state index contributed by atoms with van der Waals surface area (Å²) in [6, 6.07) is 21.0. The highest BCUT2D eigenvalue weighted by molar-refractivity contribution is 8.76. The van der Waals surface area contributed by atoms with Crippen LogP contribution in [0.2, 0.25) is 0 Å². The van der Waals surface area contributed by atoms with E-state index in [-0.39, 0.29) is 0 Å². The third-order valence-corrected chi connectivity index (χ3v) is 7.14. The van der Waals surface area contributed by atoms with Gasteiger partial charge < -0.3 is 0 Å². The van der Waals surface area contributed by atoms with Gasteiger partial charge in [-0.25, -0.2) is 19.3 Å². The minimum absolute atomic E-state index is 0.354. The summed E-state index contributed by atoms with van der Waals surface area (Å²) >= 11 is 0. The maximum absolute atomic E-state index is 4.44. The molecule has 8 heteroatoms. The summed E-state index contributed by atoms with van der Waals surface area (Å²) in [6.07, 6.45) is 3.23. The van der Waals surface area contributed by atoms with Crippen LogP contribution in [0, 0.1) is 0 Å². The lowest BCUT2D eigenvalue weighted by molar-refractivity contribution is 0.502. The van der Waals surface area contributed by atoms with E-state index in [0.29, 0.717) is 11.8 Å². The van der Waals surface area contributed by atoms with E-state index in [2.05, 4.69) is 82.5 Å². The van der Waals surface area contributed by atoms with Crippen molar-refractivity contribution in [1.82, 2.24) is 29.5 Å². The van der Waals surface area contributed by atoms with Crippen molar-refractivity contribution in [2.75, 3.05) is 0 Å². The van der Waals surface area contributed by atoms with Gasteiger partial charge in [0.25, 0.3) is 0 Å². The number of nitrogens with zero attached hydrogens (tertiary/aromatic N) is 6. The lowest BCUT2D eigenvalue weighted by Crippen LogP contribution is -2.09. The molecule has 34 heavy (non-hydrogen) atoms. The molecule has 0 bridgehead atoms. The van der Waals surface area contributed by atoms with Gasteiger partial charge >= 0.3 is 0 Å². The molecule has 0 fully saturated rings. The van der Waals surface area contributed by atoms with Crippen LogP contribution in [0.15, 0.2) is 83.6 Å². The Balaban J connectivity index is 0.000000970. The Labute approximate surface area is 212 Å². The molecule has 0 spiro atoms. The predicted octanol–water partition coefficient (Wildman–Crippen LogP) is 7.33. The number of rotatable bonds is 9. The molecule has 4 rings (SSSR count). The zero-order valence-electron chi connectivity index (χ0n) is 21.0. The number of hydrogen-bond donors (Lipinski definition) is 0. The lowest BCUT2D eigenvalue weighted by Gasteiger charge is -2.14. The fraction of sp³-hybridized carbons (Fsp3) is 0.385. The molecule has 0 aliphatic carbocycles. The molecular formula is C26H36N6S2. The summed E-state index contributed by atoms with van der Waals surface area (Å²) in [4.78, 5) is 8.87. The van der Waals surface area contributed by atoms with Gasteiger partial charge in [0.15, 0.2) is 10.3 Å². The second-order valence-corrected chi connectivity index (χ2v) is 9.30. The normalized spacial score (nSPS) is 12.1. The number of hydrogen-bond acceptors (Lipinski definition) is 6. The maximum atomic E-state index is 4.44. The Bertz CT molecular complexity index is 964. The van der Waals surface area contributed by atoms with Crippen molar-refractivity contribution in [2.45, 2.75) is 76.8 Å². The molecule has 0 radical (unpaired) electrons. The molecule has 4 aromatic rings. The molecule has 0 saturated carbocycles. The zero-order valence-corrected chi connectivity index (χ0v) is 22.6. The molecule has 0 saturated heterocycles. The first-order valence-electron chi connectivity index (χ1n) is 11.9.